The lowest BCUT2D eigenvalue weighted by molar-refractivity contribution is -0.141. The second-order valence-corrected chi connectivity index (χ2v) is 6.43. The van der Waals surface area contributed by atoms with Gasteiger partial charge in [-0.1, -0.05) is 0 Å². The minimum Gasteiger partial charge on any atom is -0.378 e. The standard InChI is InChI=1S/C16H22N4O4/c21-14-11-10-20(15(22)13-2-1-7-24-13)4-3-12(11)17-16(18-14)19-5-8-23-9-6-19/h13H,1-10H2,(H,17,18,21). The number of carbonyl (C=O) groups is 1. The summed E-state index contributed by atoms with van der Waals surface area (Å²) in [6.45, 7) is 4.29. The van der Waals surface area contributed by atoms with Crippen molar-refractivity contribution in [2.75, 3.05) is 44.4 Å². The van der Waals surface area contributed by atoms with Gasteiger partial charge in [0.2, 0.25) is 5.95 Å². The highest BCUT2D eigenvalue weighted by molar-refractivity contribution is 5.81. The molecule has 0 aromatic carbocycles. The molecule has 1 aromatic rings. The minimum atomic E-state index is -0.341. The fraction of sp³-hybridized carbons (Fsp3) is 0.688. The summed E-state index contributed by atoms with van der Waals surface area (Å²) in [6, 6.07) is 0. The zero-order valence-electron chi connectivity index (χ0n) is 13.6. The average Bonchev–Trinajstić information content (AvgIpc) is 3.16. The molecule has 0 spiro atoms. The molecule has 3 aliphatic heterocycles. The SMILES string of the molecule is O=C(C1CCCO1)N1CCc2nc(N3CCOCC3)[nH]c(=O)c2C1. The largest absolute Gasteiger partial charge is 0.378 e. The molecule has 4 rings (SSSR count). The number of hydrogen-bond acceptors (Lipinski definition) is 6. The molecule has 1 atom stereocenters. The monoisotopic (exact) mass is 334 g/mol. The summed E-state index contributed by atoms with van der Waals surface area (Å²) in [7, 11) is 0. The van der Waals surface area contributed by atoms with Crippen LogP contribution in [0, 0.1) is 0 Å². The van der Waals surface area contributed by atoms with Gasteiger partial charge in [0.05, 0.1) is 31.0 Å². The molecule has 0 radical (unpaired) electrons. The van der Waals surface area contributed by atoms with Gasteiger partial charge >= 0.3 is 0 Å². The van der Waals surface area contributed by atoms with Gasteiger partial charge in [0.1, 0.15) is 6.10 Å². The minimum absolute atomic E-state index is 0.00481. The second-order valence-electron chi connectivity index (χ2n) is 6.43. The van der Waals surface area contributed by atoms with Gasteiger partial charge in [-0.2, -0.15) is 0 Å². The third kappa shape index (κ3) is 2.91. The van der Waals surface area contributed by atoms with Crippen LogP contribution in [0.3, 0.4) is 0 Å². The van der Waals surface area contributed by atoms with Crippen molar-refractivity contribution < 1.29 is 14.3 Å². The molecular weight excluding hydrogens is 312 g/mol. The van der Waals surface area contributed by atoms with Crippen LogP contribution in [0.4, 0.5) is 5.95 Å². The molecule has 0 bridgehead atoms. The van der Waals surface area contributed by atoms with E-state index in [-0.39, 0.29) is 17.6 Å². The maximum Gasteiger partial charge on any atom is 0.257 e. The summed E-state index contributed by atoms with van der Waals surface area (Å²) in [5.74, 6) is 0.607. The molecule has 130 valence electrons. The number of rotatable bonds is 2. The van der Waals surface area contributed by atoms with E-state index in [1.807, 2.05) is 4.90 Å². The highest BCUT2D eigenvalue weighted by Crippen LogP contribution is 2.21. The van der Waals surface area contributed by atoms with E-state index in [9.17, 15) is 9.59 Å². The highest BCUT2D eigenvalue weighted by Gasteiger charge is 2.32. The Balaban J connectivity index is 1.53. The quantitative estimate of drug-likeness (QED) is 0.797. The Morgan fingerprint density at radius 3 is 2.79 bits per heavy atom. The van der Waals surface area contributed by atoms with Crippen molar-refractivity contribution in [2.45, 2.75) is 31.9 Å². The van der Waals surface area contributed by atoms with Crippen molar-refractivity contribution in [3.05, 3.63) is 21.6 Å². The molecule has 2 saturated heterocycles. The second kappa shape index (κ2) is 6.52. The Hall–Kier alpha value is -1.93. The summed E-state index contributed by atoms with van der Waals surface area (Å²) in [6.07, 6.45) is 1.96. The van der Waals surface area contributed by atoms with Gasteiger partial charge in [-0.05, 0) is 12.8 Å². The maximum absolute atomic E-state index is 12.5. The molecule has 1 amide bonds. The topological polar surface area (TPSA) is 87.8 Å². The number of carbonyl (C=O) groups excluding carboxylic acids is 1. The molecule has 1 N–H and O–H groups in total. The summed E-state index contributed by atoms with van der Waals surface area (Å²) >= 11 is 0. The van der Waals surface area contributed by atoms with Gasteiger partial charge in [0.25, 0.3) is 11.5 Å². The van der Waals surface area contributed by atoms with Gasteiger partial charge in [-0.25, -0.2) is 4.98 Å². The number of anilines is 1. The Labute approximate surface area is 139 Å². The average molecular weight is 334 g/mol. The van der Waals surface area contributed by atoms with Gasteiger partial charge in [0.15, 0.2) is 0 Å². The summed E-state index contributed by atoms with van der Waals surface area (Å²) < 4.78 is 10.8. The Morgan fingerprint density at radius 1 is 1.21 bits per heavy atom. The third-order valence-electron chi connectivity index (χ3n) is 4.88. The third-order valence-corrected chi connectivity index (χ3v) is 4.88. The summed E-state index contributed by atoms with van der Waals surface area (Å²) in [5, 5.41) is 0. The molecule has 1 aromatic heterocycles. The number of nitrogens with one attached hydrogen (secondary N) is 1. The number of morpholine rings is 1. The number of hydrogen-bond donors (Lipinski definition) is 1. The summed E-state index contributed by atoms with van der Waals surface area (Å²) in [4.78, 5) is 36.2. The van der Waals surface area contributed by atoms with Crippen LogP contribution in [0.15, 0.2) is 4.79 Å². The molecule has 1 unspecified atom stereocenters. The first-order valence-electron chi connectivity index (χ1n) is 8.57. The van der Waals surface area contributed by atoms with Crippen molar-refractivity contribution in [3.8, 4) is 0 Å². The van der Waals surface area contributed by atoms with E-state index >= 15 is 0 Å². The van der Waals surface area contributed by atoms with E-state index in [1.54, 1.807) is 4.90 Å². The van der Waals surface area contributed by atoms with Crippen LogP contribution in [-0.4, -0.2) is 66.3 Å². The number of fused-ring (bicyclic) bond motifs is 1. The van der Waals surface area contributed by atoms with Crippen LogP contribution in [0.25, 0.3) is 0 Å². The molecule has 24 heavy (non-hydrogen) atoms. The molecule has 2 fully saturated rings. The number of nitrogens with zero attached hydrogens (tertiary/aromatic N) is 3. The molecule has 3 aliphatic rings. The van der Waals surface area contributed by atoms with E-state index in [1.165, 1.54) is 0 Å². The lowest BCUT2D eigenvalue weighted by atomic mass is 10.1. The fourth-order valence-corrected chi connectivity index (χ4v) is 3.50. The van der Waals surface area contributed by atoms with E-state index < -0.39 is 0 Å². The predicted octanol–water partition coefficient (Wildman–Crippen LogP) is -0.330. The highest BCUT2D eigenvalue weighted by atomic mass is 16.5. The molecule has 0 aliphatic carbocycles. The number of amides is 1. The number of aromatic amines is 1. The van der Waals surface area contributed by atoms with Crippen molar-refractivity contribution in [2.24, 2.45) is 0 Å². The molecule has 0 saturated carbocycles. The number of ether oxygens (including phenoxy) is 2. The lowest BCUT2D eigenvalue weighted by Crippen LogP contribution is -2.45. The van der Waals surface area contributed by atoms with E-state index in [0.29, 0.717) is 50.8 Å². The summed E-state index contributed by atoms with van der Waals surface area (Å²) in [5.41, 5.74) is 1.26. The van der Waals surface area contributed by atoms with Crippen LogP contribution in [-0.2, 0) is 27.2 Å². The lowest BCUT2D eigenvalue weighted by Gasteiger charge is -2.31. The molecule has 8 heteroatoms. The number of aromatic nitrogens is 2. The Morgan fingerprint density at radius 2 is 2.04 bits per heavy atom. The zero-order chi connectivity index (χ0) is 16.5. The van der Waals surface area contributed by atoms with Crippen molar-refractivity contribution in [1.29, 1.82) is 0 Å². The molecule has 4 heterocycles. The maximum atomic E-state index is 12.5. The smallest absolute Gasteiger partial charge is 0.257 e. The van der Waals surface area contributed by atoms with Crippen molar-refractivity contribution in [3.63, 3.8) is 0 Å². The van der Waals surface area contributed by atoms with Gasteiger partial charge in [0, 0.05) is 32.7 Å². The fourth-order valence-electron chi connectivity index (χ4n) is 3.50. The first-order valence-corrected chi connectivity index (χ1v) is 8.57. The molecule has 8 nitrogen and oxygen atoms in total. The van der Waals surface area contributed by atoms with E-state index in [2.05, 4.69) is 9.97 Å². The Kier molecular flexibility index (Phi) is 4.24. The number of H-pyrrole nitrogens is 1. The predicted molar refractivity (Wildman–Crippen MR) is 86.0 cm³/mol. The van der Waals surface area contributed by atoms with Crippen LogP contribution < -0.4 is 10.5 Å². The van der Waals surface area contributed by atoms with Crippen LogP contribution in [0.5, 0.6) is 0 Å². The van der Waals surface area contributed by atoms with Crippen molar-refractivity contribution in [1.82, 2.24) is 14.9 Å². The van der Waals surface area contributed by atoms with E-state index in [4.69, 9.17) is 9.47 Å². The van der Waals surface area contributed by atoms with Crippen molar-refractivity contribution >= 4 is 11.9 Å². The Bertz CT molecular complexity index is 677. The first kappa shape index (κ1) is 15.6. The zero-order valence-corrected chi connectivity index (χ0v) is 13.6. The van der Waals surface area contributed by atoms with Crippen LogP contribution >= 0.6 is 0 Å². The van der Waals surface area contributed by atoms with Crippen LogP contribution in [0.1, 0.15) is 24.1 Å². The molecular formula is C16H22N4O4. The normalized spacial score (nSPS) is 24.1. The first-order chi connectivity index (χ1) is 11.7. The van der Waals surface area contributed by atoms with Gasteiger partial charge in [-0.3, -0.25) is 14.6 Å². The van der Waals surface area contributed by atoms with Gasteiger partial charge in [-0.15, -0.1) is 0 Å². The van der Waals surface area contributed by atoms with E-state index in [0.717, 1.165) is 31.6 Å². The van der Waals surface area contributed by atoms with Crippen LogP contribution in [0.2, 0.25) is 0 Å². The van der Waals surface area contributed by atoms with Gasteiger partial charge < -0.3 is 19.3 Å².